The molecular formula is C18H35N5O4S. The number of amides is 1. The number of nitrogens with zero attached hydrogens (tertiary/aromatic N) is 2. The molecule has 0 aromatic rings. The molecule has 2 aliphatic heterocycles. The first kappa shape index (κ1) is 22.9. The summed E-state index contributed by atoms with van der Waals surface area (Å²) in [6, 6.07) is 0.131. The van der Waals surface area contributed by atoms with Crippen molar-refractivity contribution < 1.29 is 17.9 Å². The van der Waals surface area contributed by atoms with Gasteiger partial charge in [-0.3, -0.25) is 9.79 Å². The molecule has 1 amide bonds. The zero-order chi connectivity index (χ0) is 20.4. The normalized spacial score (nSPS) is 23.6. The minimum atomic E-state index is -3.39. The summed E-state index contributed by atoms with van der Waals surface area (Å²) in [5.74, 6) is 0.677. The highest BCUT2D eigenvalue weighted by Crippen LogP contribution is 2.12. The van der Waals surface area contributed by atoms with E-state index in [1.165, 1.54) is 0 Å². The van der Waals surface area contributed by atoms with Crippen LogP contribution in [0.1, 0.15) is 46.0 Å². The van der Waals surface area contributed by atoms with Crippen LogP contribution in [-0.4, -0.2) is 82.4 Å². The number of aliphatic imine (C=N–C) groups is 1. The van der Waals surface area contributed by atoms with Gasteiger partial charge in [-0.25, -0.2) is 13.1 Å². The lowest BCUT2D eigenvalue weighted by molar-refractivity contribution is -0.129. The monoisotopic (exact) mass is 417 g/mol. The quantitative estimate of drug-likeness (QED) is 0.361. The average Bonchev–Trinajstić information content (AvgIpc) is 3.15. The third kappa shape index (κ3) is 7.92. The number of nitrogens with one attached hydrogen (secondary N) is 3. The number of likely N-dealkylation sites (tertiary alicyclic amines) is 1. The molecule has 9 nitrogen and oxygen atoms in total. The summed E-state index contributed by atoms with van der Waals surface area (Å²) in [5, 5.41) is 6.44. The summed E-state index contributed by atoms with van der Waals surface area (Å²) >= 11 is 0. The molecule has 162 valence electrons. The third-order valence-electron chi connectivity index (χ3n) is 4.96. The van der Waals surface area contributed by atoms with Crippen molar-refractivity contribution in [3.8, 4) is 0 Å². The highest BCUT2D eigenvalue weighted by molar-refractivity contribution is 7.89. The van der Waals surface area contributed by atoms with Crippen LogP contribution < -0.4 is 15.4 Å². The fraction of sp³-hybridized carbons (Fsp3) is 0.889. The van der Waals surface area contributed by atoms with E-state index in [4.69, 9.17) is 4.74 Å². The van der Waals surface area contributed by atoms with Gasteiger partial charge < -0.3 is 20.3 Å². The van der Waals surface area contributed by atoms with Gasteiger partial charge >= 0.3 is 0 Å². The van der Waals surface area contributed by atoms with Crippen molar-refractivity contribution in [1.82, 2.24) is 20.3 Å². The highest BCUT2D eigenvalue weighted by Gasteiger charge is 2.25. The zero-order valence-electron chi connectivity index (χ0n) is 17.1. The summed E-state index contributed by atoms with van der Waals surface area (Å²) in [6.07, 6.45) is 4.37. The van der Waals surface area contributed by atoms with Gasteiger partial charge in [0.15, 0.2) is 5.96 Å². The number of rotatable bonds is 9. The maximum Gasteiger partial charge on any atom is 0.222 e. The van der Waals surface area contributed by atoms with E-state index in [-0.39, 0.29) is 30.4 Å². The lowest BCUT2D eigenvalue weighted by Crippen LogP contribution is -2.45. The van der Waals surface area contributed by atoms with Crippen LogP contribution in [0.15, 0.2) is 4.99 Å². The first-order chi connectivity index (χ1) is 13.4. The van der Waals surface area contributed by atoms with Gasteiger partial charge in [0, 0.05) is 45.2 Å². The summed E-state index contributed by atoms with van der Waals surface area (Å²) in [6.45, 7) is 7.10. The predicted molar refractivity (Wildman–Crippen MR) is 110 cm³/mol. The van der Waals surface area contributed by atoms with Crippen LogP contribution >= 0.6 is 0 Å². The van der Waals surface area contributed by atoms with Crippen LogP contribution in [0.4, 0.5) is 0 Å². The van der Waals surface area contributed by atoms with Crippen molar-refractivity contribution in [1.29, 1.82) is 0 Å². The van der Waals surface area contributed by atoms with Gasteiger partial charge in [-0.15, -0.1) is 0 Å². The first-order valence-electron chi connectivity index (χ1n) is 10.3. The Morgan fingerprint density at radius 1 is 1.25 bits per heavy atom. The van der Waals surface area contributed by atoms with Gasteiger partial charge in [0.2, 0.25) is 15.9 Å². The number of carbonyl (C=O) groups excluding carboxylic acids is 1. The lowest BCUT2D eigenvalue weighted by atomic mass is 10.1. The van der Waals surface area contributed by atoms with Crippen molar-refractivity contribution >= 4 is 21.9 Å². The van der Waals surface area contributed by atoms with Crippen LogP contribution in [0.25, 0.3) is 0 Å². The Morgan fingerprint density at radius 2 is 2.07 bits per heavy atom. The lowest BCUT2D eigenvalue weighted by Gasteiger charge is -2.22. The van der Waals surface area contributed by atoms with Crippen LogP contribution in [0, 0.1) is 0 Å². The van der Waals surface area contributed by atoms with Gasteiger partial charge in [0.25, 0.3) is 0 Å². The Bertz CT molecular complexity index is 619. The van der Waals surface area contributed by atoms with Gasteiger partial charge in [-0.05, 0) is 32.6 Å². The molecule has 0 aromatic carbocycles. The molecule has 2 aliphatic rings. The summed E-state index contributed by atoms with van der Waals surface area (Å²) < 4.78 is 32.6. The molecule has 3 N–H and O–H groups in total. The van der Waals surface area contributed by atoms with Gasteiger partial charge in [-0.1, -0.05) is 6.92 Å². The second kappa shape index (κ2) is 11.6. The summed E-state index contributed by atoms with van der Waals surface area (Å²) in [4.78, 5) is 18.0. The van der Waals surface area contributed by atoms with Crippen LogP contribution in [0.3, 0.4) is 0 Å². The van der Waals surface area contributed by atoms with E-state index in [0.717, 1.165) is 32.2 Å². The molecule has 2 atom stereocenters. The summed E-state index contributed by atoms with van der Waals surface area (Å²) in [5.41, 5.74) is 0. The fourth-order valence-corrected chi connectivity index (χ4v) is 4.30. The number of ether oxygens (including phenoxy) is 1. The van der Waals surface area contributed by atoms with E-state index in [0.29, 0.717) is 38.6 Å². The van der Waals surface area contributed by atoms with Crippen molar-refractivity contribution in [3.05, 3.63) is 0 Å². The number of hydrogen-bond donors (Lipinski definition) is 3. The van der Waals surface area contributed by atoms with Crippen LogP contribution in [0.5, 0.6) is 0 Å². The molecule has 2 rings (SSSR count). The molecule has 10 heteroatoms. The Kier molecular flexibility index (Phi) is 9.46. The minimum Gasteiger partial charge on any atom is -0.377 e. The van der Waals surface area contributed by atoms with Crippen molar-refractivity contribution in [3.63, 3.8) is 0 Å². The zero-order valence-corrected chi connectivity index (χ0v) is 17.9. The van der Waals surface area contributed by atoms with E-state index in [9.17, 15) is 13.2 Å². The Labute approximate surface area is 168 Å². The molecule has 2 saturated heterocycles. The van der Waals surface area contributed by atoms with E-state index < -0.39 is 10.0 Å². The molecule has 2 unspecified atom stereocenters. The number of guanidine groups is 1. The smallest absolute Gasteiger partial charge is 0.222 e. The van der Waals surface area contributed by atoms with E-state index in [1.807, 2.05) is 18.7 Å². The third-order valence-corrected chi connectivity index (χ3v) is 6.29. The number of sulfonamides is 1. The average molecular weight is 418 g/mol. The maximum absolute atomic E-state index is 12.2. The van der Waals surface area contributed by atoms with Crippen molar-refractivity contribution in [2.24, 2.45) is 4.99 Å². The van der Waals surface area contributed by atoms with E-state index >= 15 is 0 Å². The molecule has 2 fully saturated rings. The van der Waals surface area contributed by atoms with E-state index in [2.05, 4.69) is 20.3 Å². The largest absolute Gasteiger partial charge is 0.377 e. The van der Waals surface area contributed by atoms with Gasteiger partial charge in [0.05, 0.1) is 18.4 Å². The number of hydrogen-bond acceptors (Lipinski definition) is 5. The summed E-state index contributed by atoms with van der Waals surface area (Å²) in [7, 11) is -3.39. The minimum absolute atomic E-state index is 0.0258. The Balaban J connectivity index is 1.77. The van der Waals surface area contributed by atoms with Crippen molar-refractivity contribution in [2.75, 3.05) is 45.1 Å². The van der Waals surface area contributed by atoms with Gasteiger partial charge in [-0.2, -0.15) is 0 Å². The van der Waals surface area contributed by atoms with Gasteiger partial charge in [0.1, 0.15) is 0 Å². The second-order valence-corrected chi connectivity index (χ2v) is 9.17. The molecule has 0 saturated carbocycles. The highest BCUT2D eigenvalue weighted by atomic mass is 32.2. The molecule has 2 heterocycles. The second-order valence-electron chi connectivity index (χ2n) is 7.24. The predicted octanol–water partition coefficient (Wildman–Crippen LogP) is 0.0409. The molecule has 0 radical (unpaired) electrons. The Morgan fingerprint density at radius 3 is 2.75 bits per heavy atom. The SMILES string of the molecule is CCNC(=NCCS(=O)(=O)NCC1CCCCO1)NC1CCN(C(=O)CC)C1. The number of carbonyl (C=O) groups is 1. The van der Waals surface area contributed by atoms with Crippen LogP contribution in [-0.2, 0) is 19.6 Å². The molecule has 28 heavy (non-hydrogen) atoms. The maximum atomic E-state index is 12.2. The standard InChI is InChI=1S/C18H35N5O4S/c1-3-17(24)23-10-8-15(14-23)22-18(19-4-2)20-9-12-28(25,26)21-13-16-7-5-6-11-27-16/h15-16,21H,3-14H2,1-2H3,(H2,19,20,22). The van der Waals surface area contributed by atoms with Crippen molar-refractivity contribution in [2.45, 2.75) is 58.1 Å². The van der Waals surface area contributed by atoms with Crippen LogP contribution in [0.2, 0.25) is 0 Å². The molecule has 0 aliphatic carbocycles. The molecule has 0 spiro atoms. The fourth-order valence-electron chi connectivity index (χ4n) is 3.38. The molecule has 0 aromatic heterocycles. The first-order valence-corrected chi connectivity index (χ1v) is 12.0. The Hall–Kier alpha value is -1.39. The molecular weight excluding hydrogens is 382 g/mol. The molecule has 0 bridgehead atoms. The van der Waals surface area contributed by atoms with E-state index in [1.54, 1.807) is 0 Å². The topological polar surface area (TPSA) is 112 Å².